The molecule has 1 atom stereocenters. The Bertz CT molecular complexity index is 430. The van der Waals surface area contributed by atoms with E-state index in [1.165, 1.54) is 38.8 Å². The van der Waals surface area contributed by atoms with E-state index in [1.807, 2.05) is 24.3 Å². The van der Waals surface area contributed by atoms with Crippen molar-refractivity contribution in [3.63, 3.8) is 0 Å². The fourth-order valence-corrected chi connectivity index (χ4v) is 2.89. The summed E-state index contributed by atoms with van der Waals surface area (Å²) in [6.45, 7) is 5.82. The molecule has 4 heteroatoms. The van der Waals surface area contributed by atoms with Crippen LogP contribution in [0.5, 0.6) is 0 Å². The average molecular weight is 291 g/mol. The van der Waals surface area contributed by atoms with Crippen LogP contribution in [-0.4, -0.2) is 35.6 Å². The second kappa shape index (κ2) is 7.60. The quantitative estimate of drug-likeness (QED) is 0.624. The Hall–Kier alpha value is -1.13. The molecule has 110 valence electrons. The van der Waals surface area contributed by atoms with Crippen LogP contribution in [0.2, 0.25) is 0 Å². The van der Waals surface area contributed by atoms with E-state index in [9.17, 15) is 0 Å². The van der Waals surface area contributed by atoms with E-state index in [0.29, 0.717) is 4.99 Å². The summed E-state index contributed by atoms with van der Waals surface area (Å²) < 4.78 is 0. The van der Waals surface area contributed by atoms with Crippen molar-refractivity contribution in [1.29, 1.82) is 0 Å². The molecule has 0 aromatic heterocycles. The van der Waals surface area contributed by atoms with E-state index in [2.05, 4.69) is 17.1 Å². The predicted octanol–water partition coefficient (Wildman–Crippen LogP) is 3.00. The molecule has 0 radical (unpaired) electrons. The maximum atomic E-state index is 5.59. The van der Waals surface area contributed by atoms with Crippen molar-refractivity contribution in [2.45, 2.75) is 38.6 Å². The molecule has 1 aliphatic heterocycles. The molecule has 1 saturated heterocycles. The van der Waals surface area contributed by atoms with E-state index in [-0.39, 0.29) is 0 Å². The summed E-state index contributed by atoms with van der Waals surface area (Å²) >= 11 is 4.95. The highest BCUT2D eigenvalue weighted by atomic mass is 32.1. The molecular formula is C16H25N3S. The zero-order chi connectivity index (χ0) is 14.4. The van der Waals surface area contributed by atoms with E-state index in [0.717, 1.165) is 23.8 Å². The molecule has 1 aromatic carbocycles. The van der Waals surface area contributed by atoms with Crippen LogP contribution in [0.4, 0.5) is 5.69 Å². The molecule has 20 heavy (non-hydrogen) atoms. The highest BCUT2D eigenvalue weighted by molar-refractivity contribution is 7.80. The largest absolute Gasteiger partial charge is 0.389 e. The Morgan fingerprint density at radius 3 is 2.75 bits per heavy atom. The smallest absolute Gasteiger partial charge is 0.103 e. The highest BCUT2D eigenvalue weighted by Gasteiger charge is 2.16. The van der Waals surface area contributed by atoms with E-state index < -0.39 is 0 Å². The predicted molar refractivity (Wildman–Crippen MR) is 90.3 cm³/mol. The maximum absolute atomic E-state index is 5.59. The minimum absolute atomic E-state index is 0.454. The van der Waals surface area contributed by atoms with Crippen molar-refractivity contribution in [3.8, 4) is 0 Å². The molecule has 1 fully saturated rings. The third kappa shape index (κ3) is 4.46. The van der Waals surface area contributed by atoms with Crippen molar-refractivity contribution >= 4 is 22.9 Å². The zero-order valence-electron chi connectivity index (χ0n) is 12.3. The van der Waals surface area contributed by atoms with Gasteiger partial charge in [-0.3, -0.25) is 0 Å². The minimum atomic E-state index is 0.454. The number of hydrogen-bond acceptors (Lipinski definition) is 3. The summed E-state index contributed by atoms with van der Waals surface area (Å²) in [4.78, 5) is 3.07. The Kier molecular flexibility index (Phi) is 5.80. The molecule has 1 unspecified atom stereocenters. The number of nitrogens with zero attached hydrogens (tertiary/aromatic N) is 1. The minimum Gasteiger partial charge on any atom is -0.389 e. The number of rotatable bonds is 6. The molecule has 1 aromatic rings. The van der Waals surface area contributed by atoms with Crippen LogP contribution in [0.3, 0.4) is 0 Å². The summed E-state index contributed by atoms with van der Waals surface area (Å²) in [7, 11) is 0. The monoisotopic (exact) mass is 291 g/mol. The van der Waals surface area contributed by atoms with Crippen molar-refractivity contribution in [2.24, 2.45) is 5.73 Å². The van der Waals surface area contributed by atoms with Crippen molar-refractivity contribution in [1.82, 2.24) is 4.90 Å². The van der Waals surface area contributed by atoms with Gasteiger partial charge >= 0.3 is 0 Å². The normalized spacial score (nSPS) is 19.8. The summed E-state index contributed by atoms with van der Waals surface area (Å²) in [6.07, 6.45) is 5.29. The Labute approximate surface area is 127 Å². The van der Waals surface area contributed by atoms with E-state index in [1.54, 1.807) is 0 Å². The Morgan fingerprint density at radius 2 is 2.10 bits per heavy atom. The molecule has 0 bridgehead atoms. The van der Waals surface area contributed by atoms with E-state index >= 15 is 0 Å². The fraction of sp³-hybridized carbons (Fsp3) is 0.562. The van der Waals surface area contributed by atoms with Crippen LogP contribution in [-0.2, 0) is 0 Å². The van der Waals surface area contributed by atoms with E-state index in [4.69, 9.17) is 18.0 Å². The lowest BCUT2D eigenvalue weighted by Crippen LogP contribution is -2.38. The van der Waals surface area contributed by atoms with Gasteiger partial charge in [0, 0.05) is 30.4 Å². The number of piperidine rings is 1. The second-order valence-corrected chi connectivity index (χ2v) is 6.04. The lowest BCUT2D eigenvalue weighted by Gasteiger charge is -2.33. The first-order valence-corrected chi connectivity index (χ1v) is 7.95. The van der Waals surface area contributed by atoms with Crippen LogP contribution in [0.15, 0.2) is 24.3 Å². The number of nitrogens with two attached hydrogens (primary N) is 1. The lowest BCUT2D eigenvalue weighted by atomic mass is 10.0. The first kappa shape index (κ1) is 15.3. The average Bonchev–Trinajstić information content (AvgIpc) is 2.46. The molecule has 3 nitrogen and oxygen atoms in total. The number of nitrogens with one attached hydrogen (secondary N) is 1. The van der Waals surface area contributed by atoms with Gasteiger partial charge in [0.2, 0.25) is 0 Å². The van der Waals surface area contributed by atoms with Crippen LogP contribution < -0.4 is 11.1 Å². The summed E-state index contributed by atoms with van der Waals surface area (Å²) in [5, 5.41) is 3.45. The Morgan fingerprint density at radius 1 is 1.35 bits per heavy atom. The van der Waals surface area contributed by atoms with Crippen LogP contribution >= 0.6 is 12.2 Å². The molecule has 2 rings (SSSR count). The summed E-state index contributed by atoms with van der Waals surface area (Å²) in [5.41, 5.74) is 7.65. The maximum Gasteiger partial charge on any atom is 0.103 e. The van der Waals surface area contributed by atoms with Gasteiger partial charge in [0.15, 0.2) is 0 Å². The number of hydrogen-bond donors (Lipinski definition) is 2. The zero-order valence-corrected chi connectivity index (χ0v) is 13.1. The molecule has 0 spiro atoms. The third-order valence-electron chi connectivity index (χ3n) is 4.06. The Balaban J connectivity index is 1.69. The SMILES string of the molecule is CC1CCCCN1CCCNc1ccc(C(N)=S)cc1. The van der Waals surface area contributed by atoms with Gasteiger partial charge < -0.3 is 16.0 Å². The van der Waals surface area contributed by atoms with Gasteiger partial charge in [-0.15, -0.1) is 0 Å². The third-order valence-corrected chi connectivity index (χ3v) is 4.30. The second-order valence-electron chi connectivity index (χ2n) is 5.60. The molecule has 3 N–H and O–H groups in total. The molecule has 0 amide bonds. The molecule has 1 heterocycles. The molecule has 1 aliphatic rings. The van der Waals surface area contributed by atoms with Crippen LogP contribution in [0.1, 0.15) is 38.2 Å². The number of anilines is 1. The molecule has 0 aliphatic carbocycles. The van der Waals surface area contributed by atoms with Gasteiger partial charge in [0.05, 0.1) is 0 Å². The van der Waals surface area contributed by atoms with Crippen molar-refractivity contribution in [3.05, 3.63) is 29.8 Å². The first-order chi connectivity index (χ1) is 9.66. The van der Waals surface area contributed by atoms with Gasteiger partial charge in [0.25, 0.3) is 0 Å². The molecule has 0 saturated carbocycles. The summed E-state index contributed by atoms with van der Waals surface area (Å²) in [6, 6.07) is 8.78. The number of thiocarbonyl (C=S) groups is 1. The fourth-order valence-electron chi connectivity index (χ4n) is 2.76. The van der Waals surface area contributed by atoms with Crippen LogP contribution in [0.25, 0.3) is 0 Å². The van der Waals surface area contributed by atoms with Gasteiger partial charge in [-0.2, -0.15) is 0 Å². The standard InChI is InChI=1S/C16H25N3S/c1-13-5-2-3-11-19(13)12-4-10-18-15-8-6-14(7-9-15)16(17)20/h6-9,13,18H,2-5,10-12H2,1H3,(H2,17,20). The summed E-state index contributed by atoms with van der Waals surface area (Å²) in [5.74, 6) is 0. The number of likely N-dealkylation sites (tertiary alicyclic amines) is 1. The van der Waals surface area contributed by atoms with Gasteiger partial charge in [-0.05, 0) is 57.0 Å². The first-order valence-electron chi connectivity index (χ1n) is 7.54. The van der Waals surface area contributed by atoms with Gasteiger partial charge in [-0.1, -0.05) is 18.6 Å². The van der Waals surface area contributed by atoms with Crippen molar-refractivity contribution in [2.75, 3.05) is 25.0 Å². The molecular weight excluding hydrogens is 266 g/mol. The van der Waals surface area contributed by atoms with Crippen LogP contribution in [0, 0.1) is 0 Å². The highest BCUT2D eigenvalue weighted by Crippen LogP contribution is 2.16. The van der Waals surface area contributed by atoms with Crippen molar-refractivity contribution < 1.29 is 0 Å². The topological polar surface area (TPSA) is 41.3 Å². The lowest BCUT2D eigenvalue weighted by molar-refractivity contribution is 0.160. The number of benzene rings is 1. The van der Waals surface area contributed by atoms with Gasteiger partial charge in [-0.25, -0.2) is 0 Å². The van der Waals surface area contributed by atoms with Gasteiger partial charge in [0.1, 0.15) is 4.99 Å².